The second-order valence-corrected chi connectivity index (χ2v) is 8.16. The maximum Gasteiger partial charge on any atom is 0.261 e. The average molecular weight is 466 g/mol. The Morgan fingerprint density at radius 2 is 1.88 bits per heavy atom. The lowest BCUT2D eigenvalue weighted by Gasteiger charge is -2.29. The number of halogens is 1. The number of hydrogen-bond donors (Lipinski definition) is 1. The number of amides is 3. The number of carbonyl (C=O) groups excluding carboxylic acids is 3. The van der Waals surface area contributed by atoms with E-state index in [4.69, 9.17) is 0 Å². The van der Waals surface area contributed by atoms with Crippen LogP contribution in [0, 0.1) is 5.92 Å². The normalized spacial score (nSPS) is 23.3. The first-order valence-electron chi connectivity index (χ1n) is 11.1. The molecule has 8 heteroatoms. The molecule has 3 rings (SSSR count). The van der Waals surface area contributed by atoms with Crippen LogP contribution in [0.5, 0.6) is 0 Å². The summed E-state index contributed by atoms with van der Waals surface area (Å²) in [6.07, 6.45) is 7.76. The van der Waals surface area contributed by atoms with Crippen LogP contribution in [0.2, 0.25) is 0 Å². The predicted octanol–water partition coefficient (Wildman–Crippen LogP) is 3.10. The van der Waals surface area contributed by atoms with E-state index in [9.17, 15) is 23.9 Å². The highest BCUT2D eigenvalue weighted by atomic mass is 19.1. The van der Waals surface area contributed by atoms with Crippen LogP contribution < -0.4 is 0 Å². The van der Waals surface area contributed by atoms with Gasteiger partial charge in [0.1, 0.15) is 0 Å². The van der Waals surface area contributed by atoms with Crippen molar-refractivity contribution in [3.8, 4) is 0 Å². The average Bonchev–Trinajstić information content (AvgIpc) is 3.09. The van der Waals surface area contributed by atoms with E-state index in [-0.39, 0.29) is 43.9 Å². The summed E-state index contributed by atoms with van der Waals surface area (Å²) in [4.78, 5) is 45.4. The van der Waals surface area contributed by atoms with Crippen molar-refractivity contribution in [2.24, 2.45) is 10.9 Å². The van der Waals surface area contributed by atoms with E-state index < -0.39 is 12.0 Å². The Morgan fingerprint density at radius 1 is 1.21 bits per heavy atom. The number of fused-ring (bicyclic) bond motifs is 1. The summed E-state index contributed by atoms with van der Waals surface area (Å²) in [6.45, 7) is 5.78. The number of carbonyl (C=O) groups is 3. The summed E-state index contributed by atoms with van der Waals surface area (Å²) in [7, 11) is 0. The fourth-order valence-electron chi connectivity index (χ4n) is 3.84. The molecule has 0 aliphatic carbocycles. The molecule has 0 fully saturated rings. The molecule has 2 unspecified atom stereocenters. The summed E-state index contributed by atoms with van der Waals surface area (Å²) in [5.74, 6) is -1.76. The van der Waals surface area contributed by atoms with Crippen LogP contribution in [0.4, 0.5) is 4.39 Å². The molecule has 7 nitrogen and oxygen atoms in total. The zero-order valence-electron chi connectivity index (χ0n) is 19.1. The Hall–Kier alpha value is -3.65. The molecule has 0 aromatic heterocycles. The van der Waals surface area contributed by atoms with Crippen LogP contribution in [0.15, 0.2) is 77.6 Å². The van der Waals surface area contributed by atoms with Crippen LogP contribution >= 0.6 is 0 Å². The van der Waals surface area contributed by atoms with Gasteiger partial charge in [0, 0.05) is 25.8 Å². The molecule has 0 spiro atoms. The van der Waals surface area contributed by atoms with Gasteiger partial charge in [-0.2, -0.15) is 0 Å². The quantitative estimate of drug-likeness (QED) is 0.495. The van der Waals surface area contributed by atoms with Crippen molar-refractivity contribution in [1.82, 2.24) is 9.80 Å². The lowest BCUT2D eigenvalue weighted by molar-refractivity contribution is -0.137. The Morgan fingerprint density at radius 3 is 2.50 bits per heavy atom. The van der Waals surface area contributed by atoms with Gasteiger partial charge in [-0.05, 0) is 35.8 Å². The molecule has 2 atom stereocenters. The maximum atomic E-state index is 13.1. The number of benzene rings is 1. The van der Waals surface area contributed by atoms with Gasteiger partial charge < -0.3 is 10.0 Å². The number of imide groups is 1. The molecule has 0 saturated heterocycles. The van der Waals surface area contributed by atoms with Crippen molar-refractivity contribution in [1.29, 1.82) is 0 Å². The lowest BCUT2D eigenvalue weighted by Crippen LogP contribution is -2.45. The number of aliphatic hydroxyl groups is 1. The molecule has 2 aliphatic heterocycles. The molecule has 1 N–H and O–H groups in total. The van der Waals surface area contributed by atoms with Gasteiger partial charge in [-0.25, -0.2) is 4.39 Å². The van der Waals surface area contributed by atoms with Crippen LogP contribution in [0.3, 0.4) is 0 Å². The Bertz CT molecular complexity index is 1050. The summed E-state index contributed by atoms with van der Waals surface area (Å²) >= 11 is 0. The van der Waals surface area contributed by atoms with Crippen molar-refractivity contribution < 1.29 is 23.9 Å². The highest BCUT2D eigenvalue weighted by molar-refractivity contribution is 6.21. The summed E-state index contributed by atoms with van der Waals surface area (Å²) in [5, 5.41) is 10.4. The number of allylic oxidation sites excluding steroid dienone is 5. The topological polar surface area (TPSA) is 90.3 Å². The summed E-state index contributed by atoms with van der Waals surface area (Å²) in [5.41, 5.74) is 2.22. The van der Waals surface area contributed by atoms with Gasteiger partial charge in [0.2, 0.25) is 5.91 Å². The smallest absolute Gasteiger partial charge is 0.261 e. The van der Waals surface area contributed by atoms with E-state index in [0.717, 1.165) is 16.0 Å². The number of nitrogens with zero attached hydrogens (tertiary/aromatic N) is 3. The molecular weight excluding hydrogens is 437 g/mol. The monoisotopic (exact) mass is 465 g/mol. The molecular formula is C26H28FN3O4. The second-order valence-electron chi connectivity index (χ2n) is 8.16. The van der Waals surface area contributed by atoms with Crippen molar-refractivity contribution in [2.75, 3.05) is 26.2 Å². The zero-order valence-corrected chi connectivity index (χ0v) is 19.1. The van der Waals surface area contributed by atoms with E-state index in [0.29, 0.717) is 23.9 Å². The molecule has 0 radical (unpaired) electrons. The fourth-order valence-corrected chi connectivity index (χ4v) is 3.84. The minimum atomic E-state index is -0.978. The standard InChI is InChI=1S/C26H28FN3O4/c1-3-19(7-6-11-27)15-20-10-12-29(24(32)18(2)23(31)17-28-16-20)13-14-30-25(33)21-8-4-5-9-22(21)26(30)34/h3-11,16,18,23,31H,1,12-15,17H2,2H3/b11-6+,19-7+,20-10-,28-16?. The van der Waals surface area contributed by atoms with Crippen LogP contribution in [0.25, 0.3) is 0 Å². The van der Waals surface area contributed by atoms with E-state index in [1.165, 1.54) is 11.0 Å². The van der Waals surface area contributed by atoms with Crippen LogP contribution in [0.1, 0.15) is 34.1 Å². The van der Waals surface area contributed by atoms with Crippen molar-refractivity contribution >= 4 is 23.9 Å². The van der Waals surface area contributed by atoms with Gasteiger partial charge in [-0.15, -0.1) is 0 Å². The fraction of sp³-hybridized carbons (Fsp3) is 0.308. The maximum absolute atomic E-state index is 13.1. The van der Waals surface area contributed by atoms with Gasteiger partial charge >= 0.3 is 0 Å². The molecule has 1 aromatic carbocycles. The minimum absolute atomic E-state index is 0.0390. The predicted molar refractivity (Wildman–Crippen MR) is 128 cm³/mol. The highest BCUT2D eigenvalue weighted by Crippen LogP contribution is 2.22. The van der Waals surface area contributed by atoms with Crippen molar-refractivity contribution in [3.05, 3.63) is 83.8 Å². The third-order valence-electron chi connectivity index (χ3n) is 5.93. The van der Waals surface area contributed by atoms with E-state index in [2.05, 4.69) is 11.6 Å². The van der Waals surface area contributed by atoms with Gasteiger partial charge in [0.15, 0.2) is 0 Å². The van der Waals surface area contributed by atoms with Gasteiger partial charge in [-0.3, -0.25) is 24.3 Å². The SMILES string of the molecule is C=C/C(=C\C=C\F)C/C1=C/CN(CCN2C(=O)c3ccccc3C2=O)C(=O)C(C)C(O)CN=C1. The van der Waals surface area contributed by atoms with Gasteiger partial charge in [-0.1, -0.05) is 43.9 Å². The highest BCUT2D eigenvalue weighted by Gasteiger charge is 2.35. The first-order chi connectivity index (χ1) is 16.4. The summed E-state index contributed by atoms with van der Waals surface area (Å²) < 4.78 is 12.4. The number of hydrogen-bond acceptors (Lipinski definition) is 5. The minimum Gasteiger partial charge on any atom is -0.390 e. The first kappa shape index (κ1) is 25.0. The largest absolute Gasteiger partial charge is 0.390 e. The molecule has 1 aromatic rings. The van der Waals surface area contributed by atoms with Crippen molar-refractivity contribution in [2.45, 2.75) is 19.4 Å². The Labute approximate surface area is 198 Å². The van der Waals surface area contributed by atoms with E-state index in [1.54, 1.807) is 49.6 Å². The number of aliphatic imine (C=N–C) groups is 1. The Balaban J connectivity index is 1.80. The molecule has 0 bridgehead atoms. The third-order valence-corrected chi connectivity index (χ3v) is 5.93. The van der Waals surface area contributed by atoms with Crippen LogP contribution in [-0.4, -0.2) is 71.1 Å². The van der Waals surface area contributed by atoms with Crippen LogP contribution in [-0.2, 0) is 4.79 Å². The molecule has 0 saturated carbocycles. The Kier molecular flexibility index (Phi) is 8.43. The number of rotatable bonds is 7. The molecule has 2 heterocycles. The number of aliphatic hydroxyl groups excluding tert-OH is 1. The third kappa shape index (κ3) is 5.63. The lowest BCUT2D eigenvalue weighted by atomic mass is 10.0. The van der Waals surface area contributed by atoms with E-state index >= 15 is 0 Å². The van der Waals surface area contributed by atoms with E-state index in [1.807, 2.05) is 6.08 Å². The molecule has 2 aliphatic rings. The van der Waals surface area contributed by atoms with Gasteiger partial charge in [0.25, 0.3) is 11.8 Å². The van der Waals surface area contributed by atoms with Gasteiger partial charge in [0.05, 0.1) is 36.0 Å². The molecule has 3 amide bonds. The second kappa shape index (κ2) is 11.5. The zero-order chi connectivity index (χ0) is 24.7. The molecule has 178 valence electrons. The summed E-state index contributed by atoms with van der Waals surface area (Å²) in [6, 6.07) is 6.63. The van der Waals surface area contributed by atoms with Crippen molar-refractivity contribution in [3.63, 3.8) is 0 Å². The first-order valence-corrected chi connectivity index (χ1v) is 11.1. The molecule has 34 heavy (non-hydrogen) atoms.